The van der Waals surface area contributed by atoms with Crippen LogP contribution in [0, 0.1) is 6.92 Å². The Morgan fingerprint density at radius 2 is 1.59 bits per heavy atom. The largest absolute Gasteiger partial charge is 0.326 e. The van der Waals surface area contributed by atoms with Crippen LogP contribution in [0.15, 0.2) is 24.3 Å². The Kier molecular flexibility index (Phi) is 13.6. The number of benzene rings is 1. The van der Waals surface area contributed by atoms with Crippen LogP contribution in [-0.4, -0.2) is 5.91 Å². The minimum absolute atomic E-state index is 0. The number of rotatable bonds is 3. The molecule has 1 N–H and O–H groups in total. The average Bonchev–Trinajstić information content (AvgIpc) is 2.37. The van der Waals surface area contributed by atoms with Crippen molar-refractivity contribution in [2.24, 2.45) is 0 Å². The van der Waals surface area contributed by atoms with E-state index in [2.05, 4.69) is 5.32 Å². The molecule has 2 nitrogen and oxygen atoms in total. The van der Waals surface area contributed by atoms with Crippen molar-refractivity contribution in [3.05, 3.63) is 29.8 Å². The van der Waals surface area contributed by atoms with Gasteiger partial charge in [0.25, 0.3) is 0 Å². The highest BCUT2D eigenvalue weighted by molar-refractivity contribution is 5.90. The first-order valence-electron chi connectivity index (χ1n) is 6.59. The lowest BCUT2D eigenvalue weighted by Gasteiger charge is -2.03. The van der Waals surface area contributed by atoms with Crippen LogP contribution in [0.25, 0.3) is 0 Å². The zero-order valence-electron chi connectivity index (χ0n) is 12.1. The molecule has 17 heavy (non-hydrogen) atoms. The van der Waals surface area contributed by atoms with Crippen LogP contribution in [-0.2, 0) is 4.79 Å². The Bertz CT molecular complexity index is 283. The zero-order chi connectivity index (χ0) is 13.7. The monoisotopic (exact) mass is 239 g/mol. The van der Waals surface area contributed by atoms with E-state index >= 15 is 0 Å². The van der Waals surface area contributed by atoms with Crippen LogP contribution in [0.5, 0.6) is 0 Å². The third kappa shape index (κ3) is 9.61. The summed E-state index contributed by atoms with van der Waals surface area (Å²) in [6.07, 6.45) is 1.48. The fourth-order valence-corrected chi connectivity index (χ4v) is 1.09. The van der Waals surface area contributed by atoms with Crippen LogP contribution >= 0.6 is 0 Å². The van der Waals surface area contributed by atoms with Gasteiger partial charge in [0.05, 0.1) is 0 Å². The SMILES string of the molecule is CC.CC.CCCC(=O)Nc1ccc(C)cc1.[HH]. The van der Waals surface area contributed by atoms with Gasteiger partial charge in [0.2, 0.25) is 5.91 Å². The number of aryl methyl sites for hydroxylation is 1. The van der Waals surface area contributed by atoms with E-state index in [1.807, 2.05) is 65.8 Å². The quantitative estimate of drug-likeness (QED) is 0.787. The molecule has 2 heteroatoms. The molecule has 0 fully saturated rings. The topological polar surface area (TPSA) is 29.1 Å². The van der Waals surface area contributed by atoms with Gasteiger partial charge in [-0.15, -0.1) is 0 Å². The Morgan fingerprint density at radius 3 is 2.00 bits per heavy atom. The van der Waals surface area contributed by atoms with Gasteiger partial charge in [-0.25, -0.2) is 0 Å². The molecule has 1 amide bonds. The van der Waals surface area contributed by atoms with Gasteiger partial charge in [-0.1, -0.05) is 52.3 Å². The number of anilines is 1. The van der Waals surface area contributed by atoms with Crippen molar-refractivity contribution < 1.29 is 6.22 Å². The van der Waals surface area contributed by atoms with Crippen LogP contribution in [0.4, 0.5) is 5.69 Å². The summed E-state index contributed by atoms with van der Waals surface area (Å²) < 4.78 is 0. The van der Waals surface area contributed by atoms with E-state index in [1.165, 1.54) is 5.56 Å². The molecule has 100 valence electrons. The summed E-state index contributed by atoms with van der Waals surface area (Å²) in [5, 5.41) is 2.83. The first-order chi connectivity index (χ1) is 8.22. The summed E-state index contributed by atoms with van der Waals surface area (Å²) >= 11 is 0. The third-order valence-corrected chi connectivity index (χ3v) is 1.81. The maximum absolute atomic E-state index is 11.2. The number of carbonyl (C=O) groups is 1. The number of carbonyl (C=O) groups excluding carboxylic acids is 1. The fourth-order valence-electron chi connectivity index (χ4n) is 1.09. The normalized spacial score (nSPS) is 8.12. The number of hydrogen-bond donors (Lipinski definition) is 1. The van der Waals surface area contributed by atoms with Crippen LogP contribution in [0.1, 0.15) is 54.5 Å². The van der Waals surface area contributed by atoms with E-state index in [9.17, 15) is 4.79 Å². The maximum Gasteiger partial charge on any atom is 0.224 e. The highest BCUT2D eigenvalue weighted by Crippen LogP contribution is 2.08. The summed E-state index contributed by atoms with van der Waals surface area (Å²) in [7, 11) is 0. The Balaban J connectivity index is -0.000000409. The predicted octanol–water partition coefficient (Wildman–Crippen LogP) is 5.03. The molecule has 0 spiro atoms. The van der Waals surface area contributed by atoms with Crippen LogP contribution < -0.4 is 5.32 Å². The van der Waals surface area contributed by atoms with Crippen molar-refractivity contribution >= 4 is 11.6 Å². The lowest BCUT2D eigenvalue weighted by molar-refractivity contribution is -0.116. The second-order valence-corrected chi connectivity index (χ2v) is 3.16. The van der Waals surface area contributed by atoms with Crippen LogP contribution in [0.3, 0.4) is 0 Å². The maximum atomic E-state index is 11.2. The summed E-state index contributed by atoms with van der Waals surface area (Å²) in [5.74, 6) is 0.0892. The molecule has 0 aliphatic carbocycles. The first kappa shape index (κ1) is 18.1. The van der Waals surface area contributed by atoms with Crippen LogP contribution in [0.2, 0.25) is 0 Å². The molecule has 0 saturated carbocycles. The average molecular weight is 239 g/mol. The molecular formula is C15H29NO. The predicted molar refractivity (Wildman–Crippen MR) is 79.5 cm³/mol. The highest BCUT2D eigenvalue weighted by Gasteiger charge is 1.98. The molecule has 1 aromatic carbocycles. The minimum Gasteiger partial charge on any atom is -0.326 e. The van der Waals surface area contributed by atoms with Crippen molar-refractivity contribution in [3.63, 3.8) is 0 Å². The molecule has 0 aliphatic heterocycles. The van der Waals surface area contributed by atoms with Gasteiger partial charge in [-0.2, -0.15) is 0 Å². The highest BCUT2D eigenvalue weighted by atomic mass is 16.1. The van der Waals surface area contributed by atoms with Crippen molar-refractivity contribution in [3.8, 4) is 0 Å². The number of hydrogen-bond acceptors (Lipinski definition) is 1. The zero-order valence-corrected chi connectivity index (χ0v) is 12.1. The molecule has 0 aliphatic rings. The second kappa shape index (κ2) is 12.8. The van der Waals surface area contributed by atoms with E-state index in [0.717, 1.165) is 12.1 Å². The fraction of sp³-hybridized carbons (Fsp3) is 0.533. The lowest BCUT2D eigenvalue weighted by atomic mass is 10.2. The molecule has 0 aromatic heterocycles. The lowest BCUT2D eigenvalue weighted by Crippen LogP contribution is -2.10. The standard InChI is InChI=1S/C11H15NO.2C2H6.H2/c1-3-4-11(13)12-10-7-5-9(2)6-8-10;2*1-2;/h5-8H,3-4H2,1-2H3,(H,12,13);2*1-2H3;1H. The van der Waals surface area contributed by atoms with Gasteiger partial charge in [0.15, 0.2) is 0 Å². The number of amides is 1. The first-order valence-corrected chi connectivity index (χ1v) is 6.59. The molecule has 0 atom stereocenters. The van der Waals surface area contributed by atoms with Gasteiger partial charge in [-0.3, -0.25) is 4.79 Å². The summed E-state index contributed by atoms with van der Waals surface area (Å²) in [4.78, 5) is 11.2. The van der Waals surface area contributed by atoms with E-state index in [-0.39, 0.29) is 7.33 Å². The van der Waals surface area contributed by atoms with Crippen molar-refractivity contribution in [2.75, 3.05) is 5.32 Å². The third-order valence-electron chi connectivity index (χ3n) is 1.81. The molecule has 0 bridgehead atoms. The minimum atomic E-state index is 0. The Labute approximate surface area is 108 Å². The van der Waals surface area contributed by atoms with Crippen molar-refractivity contribution in [1.29, 1.82) is 0 Å². The molecule has 0 unspecified atom stereocenters. The number of nitrogens with one attached hydrogen (secondary N) is 1. The van der Waals surface area contributed by atoms with E-state index in [0.29, 0.717) is 6.42 Å². The van der Waals surface area contributed by atoms with E-state index < -0.39 is 0 Å². The summed E-state index contributed by atoms with van der Waals surface area (Å²) in [5.41, 5.74) is 2.08. The van der Waals surface area contributed by atoms with E-state index in [4.69, 9.17) is 0 Å². The molecule has 1 rings (SSSR count). The van der Waals surface area contributed by atoms with E-state index in [1.54, 1.807) is 0 Å². The van der Waals surface area contributed by atoms with Crippen molar-refractivity contribution in [2.45, 2.75) is 54.4 Å². The molecular weight excluding hydrogens is 210 g/mol. The summed E-state index contributed by atoms with van der Waals surface area (Å²) in [6, 6.07) is 7.81. The van der Waals surface area contributed by atoms with Gasteiger partial charge >= 0.3 is 0 Å². The molecule has 0 heterocycles. The Hall–Kier alpha value is -1.31. The molecule has 1 aromatic rings. The van der Waals surface area contributed by atoms with Gasteiger partial charge in [-0.05, 0) is 25.5 Å². The summed E-state index contributed by atoms with van der Waals surface area (Å²) in [6.45, 7) is 12.0. The Morgan fingerprint density at radius 1 is 1.12 bits per heavy atom. The van der Waals surface area contributed by atoms with Gasteiger partial charge in [0.1, 0.15) is 0 Å². The smallest absolute Gasteiger partial charge is 0.224 e. The van der Waals surface area contributed by atoms with Gasteiger partial charge < -0.3 is 5.32 Å². The molecule has 0 radical (unpaired) electrons. The molecule has 0 saturated heterocycles. The van der Waals surface area contributed by atoms with Crippen molar-refractivity contribution in [1.82, 2.24) is 0 Å². The second-order valence-electron chi connectivity index (χ2n) is 3.16. The van der Waals surface area contributed by atoms with Gasteiger partial charge in [0, 0.05) is 13.5 Å².